The molecule has 0 radical (unpaired) electrons. The summed E-state index contributed by atoms with van der Waals surface area (Å²) >= 11 is 5.12. The minimum atomic E-state index is 0.939. The molecule has 0 aliphatic heterocycles. The van der Waals surface area contributed by atoms with E-state index in [1.165, 1.54) is 11.1 Å². The lowest BCUT2D eigenvalue weighted by molar-refractivity contribution is 1.60. The molecular weight excluding hydrogens is 200 g/mol. The van der Waals surface area contributed by atoms with Gasteiger partial charge >= 0.3 is 0 Å². The zero-order valence-electron chi connectivity index (χ0n) is 8.60. The number of hydrogen-bond donors (Lipinski definition) is 0. The summed E-state index contributed by atoms with van der Waals surface area (Å²) in [5.74, 6) is 0. The first-order chi connectivity index (χ1) is 7.27. The molecule has 0 atom stereocenters. The molecule has 0 nitrogen and oxygen atoms in total. The van der Waals surface area contributed by atoms with Gasteiger partial charge in [0.05, 0.1) is 0 Å². The molecule has 15 heavy (non-hydrogen) atoms. The summed E-state index contributed by atoms with van der Waals surface area (Å²) in [6, 6.07) is 18.7. The zero-order valence-corrected chi connectivity index (χ0v) is 9.42. The lowest BCUT2D eigenvalue weighted by atomic mass is 10.0. The van der Waals surface area contributed by atoms with Crippen molar-refractivity contribution in [1.29, 1.82) is 0 Å². The molecule has 0 spiro atoms. The Hall–Kier alpha value is -1.47. The van der Waals surface area contributed by atoms with Crippen LogP contribution >= 0.6 is 12.2 Å². The van der Waals surface area contributed by atoms with E-state index < -0.39 is 0 Å². The molecule has 0 saturated carbocycles. The second kappa shape index (κ2) is 4.37. The Bertz CT molecular complexity index is 454. The maximum absolute atomic E-state index is 5.12. The molecule has 0 heterocycles. The normalized spacial score (nSPS) is 9.93. The van der Waals surface area contributed by atoms with Crippen LogP contribution in [0.15, 0.2) is 54.6 Å². The van der Waals surface area contributed by atoms with Crippen molar-refractivity contribution in [2.45, 2.75) is 6.92 Å². The van der Waals surface area contributed by atoms with Crippen LogP contribution in [0.2, 0.25) is 0 Å². The molecule has 0 fully saturated rings. The highest BCUT2D eigenvalue weighted by molar-refractivity contribution is 7.80. The summed E-state index contributed by atoms with van der Waals surface area (Å²) in [5.41, 5.74) is 3.60. The fourth-order valence-corrected chi connectivity index (χ4v) is 1.66. The average molecular weight is 212 g/mol. The number of rotatable bonds is 2. The fourth-order valence-electron chi connectivity index (χ4n) is 1.53. The van der Waals surface area contributed by atoms with Crippen molar-refractivity contribution in [3.05, 3.63) is 60.2 Å². The van der Waals surface area contributed by atoms with Gasteiger partial charge in [-0.3, -0.25) is 0 Å². The summed E-state index contributed by atoms with van der Waals surface area (Å²) in [6.07, 6.45) is 0. The Morgan fingerprint density at radius 3 is 1.87 bits per heavy atom. The van der Waals surface area contributed by atoms with Crippen molar-refractivity contribution in [2.75, 3.05) is 0 Å². The standard InChI is InChI=1S/C14H12S/c1-11(15)12-7-9-14(10-8-12)13-5-3-2-4-6-13/h2-10H,1H3. The van der Waals surface area contributed by atoms with Gasteiger partial charge in [-0.15, -0.1) is 0 Å². The predicted molar refractivity (Wildman–Crippen MR) is 69.3 cm³/mol. The van der Waals surface area contributed by atoms with Crippen molar-refractivity contribution in [3.8, 4) is 11.1 Å². The van der Waals surface area contributed by atoms with Crippen LogP contribution in [0.5, 0.6) is 0 Å². The van der Waals surface area contributed by atoms with Crippen molar-refractivity contribution >= 4 is 17.1 Å². The maximum Gasteiger partial charge on any atom is 0.0193 e. The van der Waals surface area contributed by atoms with Gasteiger partial charge in [0.2, 0.25) is 0 Å². The van der Waals surface area contributed by atoms with Crippen molar-refractivity contribution in [1.82, 2.24) is 0 Å². The van der Waals surface area contributed by atoms with Crippen LogP contribution in [-0.4, -0.2) is 4.86 Å². The van der Waals surface area contributed by atoms with E-state index >= 15 is 0 Å². The molecule has 0 aliphatic rings. The molecule has 1 heteroatoms. The Morgan fingerprint density at radius 2 is 1.33 bits per heavy atom. The molecule has 74 valence electrons. The van der Waals surface area contributed by atoms with Gasteiger partial charge in [-0.25, -0.2) is 0 Å². The predicted octanol–water partition coefficient (Wildman–Crippen LogP) is 4.09. The third-order valence-corrected chi connectivity index (χ3v) is 2.63. The van der Waals surface area contributed by atoms with Crippen LogP contribution in [0.25, 0.3) is 11.1 Å². The van der Waals surface area contributed by atoms with Gasteiger partial charge in [0.15, 0.2) is 0 Å². The highest BCUT2D eigenvalue weighted by Gasteiger charge is 1.97. The van der Waals surface area contributed by atoms with Crippen molar-refractivity contribution in [3.63, 3.8) is 0 Å². The van der Waals surface area contributed by atoms with Gasteiger partial charge in [0, 0.05) is 4.86 Å². The molecule has 2 rings (SSSR count). The summed E-state index contributed by atoms with van der Waals surface area (Å²) < 4.78 is 0. The lowest BCUT2D eigenvalue weighted by Gasteiger charge is -2.02. The van der Waals surface area contributed by atoms with E-state index in [0.29, 0.717) is 0 Å². The summed E-state index contributed by atoms with van der Waals surface area (Å²) in [4.78, 5) is 0.939. The van der Waals surface area contributed by atoms with Crippen LogP contribution in [0.1, 0.15) is 12.5 Å². The van der Waals surface area contributed by atoms with Gasteiger partial charge in [0.25, 0.3) is 0 Å². The molecule has 0 N–H and O–H groups in total. The quantitative estimate of drug-likeness (QED) is 0.533. The molecule has 2 aromatic rings. The van der Waals surface area contributed by atoms with Crippen molar-refractivity contribution < 1.29 is 0 Å². The fraction of sp³-hybridized carbons (Fsp3) is 0.0714. The van der Waals surface area contributed by atoms with E-state index in [1.807, 2.05) is 25.1 Å². The van der Waals surface area contributed by atoms with E-state index in [0.717, 1.165) is 10.4 Å². The van der Waals surface area contributed by atoms with Crippen molar-refractivity contribution in [2.24, 2.45) is 0 Å². The smallest absolute Gasteiger partial charge is 0.0193 e. The van der Waals surface area contributed by atoms with Gasteiger partial charge < -0.3 is 0 Å². The Balaban J connectivity index is 2.36. The first-order valence-corrected chi connectivity index (χ1v) is 5.34. The average Bonchev–Trinajstić information content (AvgIpc) is 2.30. The zero-order chi connectivity index (χ0) is 10.7. The molecule has 0 amide bonds. The van der Waals surface area contributed by atoms with E-state index in [-0.39, 0.29) is 0 Å². The topological polar surface area (TPSA) is 0 Å². The van der Waals surface area contributed by atoms with Crippen LogP contribution in [0.3, 0.4) is 0 Å². The molecule has 0 aliphatic carbocycles. The summed E-state index contributed by atoms with van der Waals surface area (Å²) in [7, 11) is 0. The number of hydrogen-bond acceptors (Lipinski definition) is 1. The van der Waals surface area contributed by atoms with E-state index in [9.17, 15) is 0 Å². The van der Waals surface area contributed by atoms with Gasteiger partial charge in [-0.05, 0) is 23.6 Å². The minimum absolute atomic E-state index is 0.939. The molecule has 0 bridgehead atoms. The van der Waals surface area contributed by atoms with E-state index in [4.69, 9.17) is 12.2 Å². The van der Waals surface area contributed by atoms with E-state index in [1.54, 1.807) is 0 Å². The summed E-state index contributed by atoms with van der Waals surface area (Å²) in [6.45, 7) is 1.95. The second-order valence-electron chi connectivity index (χ2n) is 3.50. The maximum atomic E-state index is 5.12. The number of thiocarbonyl (C=S) groups is 1. The van der Waals surface area contributed by atoms with Gasteiger partial charge in [-0.1, -0.05) is 66.8 Å². The highest BCUT2D eigenvalue weighted by Crippen LogP contribution is 2.19. The Kier molecular flexibility index (Phi) is 2.93. The van der Waals surface area contributed by atoms with Crippen LogP contribution in [0, 0.1) is 0 Å². The first kappa shape index (κ1) is 10.1. The Labute approximate surface area is 95.6 Å². The van der Waals surface area contributed by atoms with Crippen LogP contribution in [-0.2, 0) is 0 Å². The Morgan fingerprint density at radius 1 is 0.800 bits per heavy atom. The highest BCUT2D eigenvalue weighted by atomic mass is 32.1. The third-order valence-electron chi connectivity index (χ3n) is 2.40. The molecule has 0 unspecified atom stereocenters. The monoisotopic (exact) mass is 212 g/mol. The van der Waals surface area contributed by atoms with E-state index in [2.05, 4.69) is 36.4 Å². The van der Waals surface area contributed by atoms with Crippen LogP contribution < -0.4 is 0 Å². The largest absolute Gasteiger partial charge is 0.0846 e. The second-order valence-corrected chi connectivity index (χ2v) is 4.11. The number of benzene rings is 2. The van der Waals surface area contributed by atoms with Gasteiger partial charge in [0.1, 0.15) is 0 Å². The molecular formula is C14H12S. The summed E-state index contributed by atoms with van der Waals surface area (Å²) in [5, 5.41) is 0. The lowest BCUT2D eigenvalue weighted by Crippen LogP contribution is -1.88. The molecule has 0 saturated heterocycles. The van der Waals surface area contributed by atoms with Crippen LogP contribution in [0.4, 0.5) is 0 Å². The first-order valence-electron chi connectivity index (χ1n) is 4.94. The SMILES string of the molecule is CC(=S)c1ccc(-c2ccccc2)cc1. The van der Waals surface area contributed by atoms with Gasteiger partial charge in [-0.2, -0.15) is 0 Å². The molecule has 0 aromatic heterocycles. The minimum Gasteiger partial charge on any atom is -0.0846 e. The third kappa shape index (κ3) is 2.31. The molecule has 2 aromatic carbocycles.